The van der Waals surface area contributed by atoms with Gasteiger partial charge in [0.05, 0.1) is 33.8 Å². The summed E-state index contributed by atoms with van der Waals surface area (Å²) in [7, 11) is -3.87. The molecule has 0 atom stereocenters. The molecule has 0 spiro atoms. The number of halogens is 4. The van der Waals surface area contributed by atoms with E-state index < -0.39 is 21.7 Å². The molecule has 3 rings (SSSR count). The second-order valence-electron chi connectivity index (χ2n) is 5.86. The molecule has 0 unspecified atom stereocenters. The van der Waals surface area contributed by atoms with Gasteiger partial charge in [-0.25, -0.2) is 12.8 Å². The SMILES string of the molecule is O=C(Nc1ccc(Cl)c(S(=O)(=O)N2CCOCC2)c1)c1cc(F)c(Cl)cc1Cl. The Morgan fingerprint density at radius 3 is 2.39 bits per heavy atom. The summed E-state index contributed by atoms with van der Waals surface area (Å²) in [6.45, 7) is 0.978. The maximum absolute atomic E-state index is 13.7. The predicted octanol–water partition coefficient (Wildman–Crippen LogP) is 4.06. The van der Waals surface area contributed by atoms with Crippen molar-refractivity contribution in [1.82, 2.24) is 4.31 Å². The Kier molecular flexibility index (Phi) is 6.48. The molecule has 11 heteroatoms. The first-order valence-corrected chi connectivity index (χ1v) is 10.6. The molecule has 1 aliphatic heterocycles. The summed E-state index contributed by atoms with van der Waals surface area (Å²) < 4.78 is 45.8. The predicted molar refractivity (Wildman–Crippen MR) is 105 cm³/mol. The monoisotopic (exact) mass is 466 g/mol. The summed E-state index contributed by atoms with van der Waals surface area (Å²) in [6.07, 6.45) is 0. The number of morpholine rings is 1. The van der Waals surface area contributed by atoms with Crippen LogP contribution >= 0.6 is 34.8 Å². The molecule has 1 N–H and O–H groups in total. The first kappa shape index (κ1) is 21.3. The number of rotatable bonds is 4. The number of benzene rings is 2. The Labute approximate surface area is 176 Å². The summed E-state index contributed by atoms with van der Waals surface area (Å²) in [5.74, 6) is -1.53. The van der Waals surface area contributed by atoms with Crippen molar-refractivity contribution < 1.29 is 22.3 Å². The van der Waals surface area contributed by atoms with Gasteiger partial charge in [-0.2, -0.15) is 4.31 Å². The zero-order chi connectivity index (χ0) is 20.5. The zero-order valence-electron chi connectivity index (χ0n) is 14.2. The fourth-order valence-electron chi connectivity index (χ4n) is 2.60. The number of sulfonamides is 1. The Morgan fingerprint density at radius 2 is 1.71 bits per heavy atom. The molecule has 0 radical (unpaired) electrons. The van der Waals surface area contributed by atoms with Gasteiger partial charge < -0.3 is 10.1 Å². The van der Waals surface area contributed by atoms with E-state index in [0.29, 0.717) is 0 Å². The van der Waals surface area contributed by atoms with Gasteiger partial charge in [-0.1, -0.05) is 34.8 Å². The minimum atomic E-state index is -3.87. The van der Waals surface area contributed by atoms with Crippen LogP contribution in [-0.4, -0.2) is 44.9 Å². The number of anilines is 1. The lowest BCUT2D eigenvalue weighted by molar-refractivity contribution is 0.0730. The van der Waals surface area contributed by atoms with Crippen LogP contribution in [0.25, 0.3) is 0 Å². The largest absolute Gasteiger partial charge is 0.379 e. The average Bonchev–Trinajstić information content (AvgIpc) is 2.66. The maximum atomic E-state index is 13.7. The van der Waals surface area contributed by atoms with Crippen LogP contribution in [0, 0.1) is 5.82 Å². The van der Waals surface area contributed by atoms with Gasteiger partial charge in [-0.3, -0.25) is 4.79 Å². The van der Waals surface area contributed by atoms with Crippen molar-refractivity contribution >= 4 is 56.4 Å². The molecule has 1 heterocycles. The lowest BCUT2D eigenvalue weighted by Gasteiger charge is -2.26. The van der Waals surface area contributed by atoms with Crippen LogP contribution in [0.1, 0.15) is 10.4 Å². The van der Waals surface area contributed by atoms with Gasteiger partial charge in [0.25, 0.3) is 5.91 Å². The van der Waals surface area contributed by atoms with Gasteiger partial charge in [0.15, 0.2) is 0 Å². The van der Waals surface area contributed by atoms with Crippen molar-refractivity contribution in [3.8, 4) is 0 Å². The molecular weight excluding hydrogens is 454 g/mol. The molecule has 1 aliphatic rings. The van der Waals surface area contributed by atoms with E-state index in [1.54, 1.807) is 0 Å². The number of ether oxygens (including phenoxy) is 1. The number of amides is 1. The highest BCUT2D eigenvalue weighted by molar-refractivity contribution is 7.89. The van der Waals surface area contributed by atoms with Crippen LogP contribution in [0.3, 0.4) is 0 Å². The number of hydrogen-bond donors (Lipinski definition) is 1. The van der Waals surface area contributed by atoms with Crippen LogP contribution in [0.15, 0.2) is 35.2 Å². The van der Waals surface area contributed by atoms with Crippen molar-refractivity contribution in [2.24, 2.45) is 0 Å². The quantitative estimate of drug-likeness (QED) is 0.688. The molecule has 0 aliphatic carbocycles. The first-order valence-electron chi connectivity index (χ1n) is 8.03. The molecule has 150 valence electrons. The highest BCUT2D eigenvalue weighted by Gasteiger charge is 2.29. The van der Waals surface area contributed by atoms with E-state index in [1.165, 1.54) is 22.5 Å². The van der Waals surface area contributed by atoms with Crippen LogP contribution in [-0.2, 0) is 14.8 Å². The summed E-state index contributed by atoms with van der Waals surface area (Å²) in [5.41, 5.74) is 0.0174. The standard InChI is InChI=1S/C17H14Cl3FN2O4S/c18-12-2-1-10(7-16(12)28(25,26)23-3-5-27-6-4-23)22-17(24)11-8-15(21)14(20)9-13(11)19/h1-2,7-9H,3-6H2,(H,22,24). The maximum Gasteiger partial charge on any atom is 0.257 e. The lowest BCUT2D eigenvalue weighted by atomic mass is 10.2. The summed E-state index contributed by atoms with van der Waals surface area (Å²) in [4.78, 5) is 12.3. The lowest BCUT2D eigenvalue weighted by Crippen LogP contribution is -2.40. The van der Waals surface area contributed by atoms with Gasteiger partial charge >= 0.3 is 0 Å². The normalized spacial score (nSPS) is 15.4. The van der Waals surface area contributed by atoms with Crippen molar-refractivity contribution in [1.29, 1.82) is 0 Å². The molecule has 0 saturated carbocycles. The molecule has 28 heavy (non-hydrogen) atoms. The van der Waals surface area contributed by atoms with Gasteiger partial charge in [0, 0.05) is 18.8 Å². The Bertz CT molecular complexity index is 1030. The van der Waals surface area contributed by atoms with Crippen molar-refractivity contribution in [2.75, 3.05) is 31.6 Å². The number of hydrogen-bond acceptors (Lipinski definition) is 4. The van der Waals surface area contributed by atoms with Crippen LogP contribution < -0.4 is 5.32 Å². The smallest absolute Gasteiger partial charge is 0.257 e. The minimum Gasteiger partial charge on any atom is -0.379 e. The average molecular weight is 468 g/mol. The third-order valence-corrected chi connectivity index (χ3v) is 7.01. The topological polar surface area (TPSA) is 75.7 Å². The number of carbonyl (C=O) groups excluding carboxylic acids is 1. The van der Waals surface area contributed by atoms with Gasteiger partial charge in [0.1, 0.15) is 10.7 Å². The highest BCUT2D eigenvalue weighted by atomic mass is 35.5. The third kappa shape index (κ3) is 4.42. The fraction of sp³-hybridized carbons (Fsp3) is 0.235. The van der Waals surface area contributed by atoms with E-state index in [9.17, 15) is 17.6 Å². The van der Waals surface area contributed by atoms with E-state index in [0.717, 1.165) is 12.1 Å². The molecule has 1 fully saturated rings. The van der Waals surface area contributed by atoms with Gasteiger partial charge in [-0.05, 0) is 30.3 Å². The Hall–Kier alpha value is -1.42. The molecule has 0 bridgehead atoms. The zero-order valence-corrected chi connectivity index (χ0v) is 17.3. The molecular formula is C17H14Cl3FN2O4S. The van der Waals surface area contributed by atoms with Crippen molar-refractivity contribution in [3.05, 3.63) is 56.8 Å². The molecule has 6 nitrogen and oxygen atoms in total. The van der Waals surface area contributed by atoms with Crippen LogP contribution in [0.4, 0.5) is 10.1 Å². The van der Waals surface area contributed by atoms with Crippen molar-refractivity contribution in [3.63, 3.8) is 0 Å². The van der Waals surface area contributed by atoms with E-state index in [-0.39, 0.29) is 57.5 Å². The van der Waals surface area contributed by atoms with E-state index in [2.05, 4.69) is 5.32 Å². The van der Waals surface area contributed by atoms with Gasteiger partial charge in [0.2, 0.25) is 10.0 Å². The van der Waals surface area contributed by atoms with E-state index in [4.69, 9.17) is 39.5 Å². The second-order valence-corrected chi connectivity index (χ2v) is 8.99. The van der Waals surface area contributed by atoms with Crippen LogP contribution in [0.5, 0.6) is 0 Å². The third-order valence-electron chi connectivity index (χ3n) is 4.03. The van der Waals surface area contributed by atoms with Crippen LogP contribution in [0.2, 0.25) is 15.1 Å². The molecule has 1 saturated heterocycles. The molecule has 2 aromatic carbocycles. The molecule has 1 amide bonds. The number of nitrogens with zero attached hydrogens (tertiary/aromatic N) is 1. The Morgan fingerprint density at radius 1 is 1.04 bits per heavy atom. The first-order chi connectivity index (χ1) is 13.2. The second kappa shape index (κ2) is 8.52. The molecule has 2 aromatic rings. The summed E-state index contributed by atoms with van der Waals surface area (Å²) >= 11 is 17.7. The van der Waals surface area contributed by atoms with Crippen molar-refractivity contribution in [2.45, 2.75) is 4.90 Å². The fourth-order valence-corrected chi connectivity index (χ4v) is 4.98. The van der Waals surface area contributed by atoms with E-state index in [1.807, 2.05) is 0 Å². The molecule has 0 aromatic heterocycles. The number of nitrogens with one attached hydrogen (secondary N) is 1. The Balaban J connectivity index is 1.89. The van der Waals surface area contributed by atoms with E-state index >= 15 is 0 Å². The highest BCUT2D eigenvalue weighted by Crippen LogP contribution is 2.29. The van der Waals surface area contributed by atoms with Gasteiger partial charge in [-0.15, -0.1) is 0 Å². The summed E-state index contributed by atoms with van der Waals surface area (Å²) in [5, 5.41) is 2.24. The summed E-state index contributed by atoms with van der Waals surface area (Å²) in [6, 6.07) is 6.04. The minimum absolute atomic E-state index is 0.0139. The number of carbonyl (C=O) groups is 1.